The van der Waals surface area contributed by atoms with Gasteiger partial charge >= 0.3 is 0 Å². The summed E-state index contributed by atoms with van der Waals surface area (Å²) in [5, 5.41) is 22.9. The van der Waals surface area contributed by atoms with Crippen LogP contribution in [0.1, 0.15) is 38.4 Å². The molecule has 4 rings (SSSR count). The van der Waals surface area contributed by atoms with Gasteiger partial charge in [-0.25, -0.2) is 4.98 Å². The number of hydrogen-bond acceptors (Lipinski definition) is 9. The number of nitro groups is 1. The lowest BCUT2D eigenvalue weighted by molar-refractivity contribution is -0.384. The summed E-state index contributed by atoms with van der Waals surface area (Å²) in [6.45, 7) is 7.42. The summed E-state index contributed by atoms with van der Waals surface area (Å²) in [4.78, 5) is 45.8. The van der Waals surface area contributed by atoms with Crippen molar-refractivity contribution in [1.29, 1.82) is 0 Å². The van der Waals surface area contributed by atoms with Gasteiger partial charge in [0.05, 0.1) is 45.3 Å². The molecule has 2 aromatic rings. The molecule has 1 saturated heterocycles. The Morgan fingerprint density at radius 2 is 2.03 bits per heavy atom. The summed E-state index contributed by atoms with van der Waals surface area (Å²) in [6, 6.07) is 4.93. The number of carbonyl (C=O) groups is 2. The van der Waals surface area contributed by atoms with Crippen molar-refractivity contribution in [3.05, 3.63) is 66.9 Å². The van der Waals surface area contributed by atoms with E-state index in [9.17, 15) is 24.8 Å². The minimum atomic E-state index is -0.925. The molecule has 0 unspecified atom stereocenters. The zero-order valence-electron chi connectivity index (χ0n) is 19.0. The molecule has 1 atom stereocenters. The number of aliphatic hydroxyl groups excluding tert-OH is 1. The highest BCUT2D eigenvalue weighted by Crippen LogP contribution is 2.41. The van der Waals surface area contributed by atoms with E-state index in [4.69, 9.17) is 4.74 Å². The molecule has 11 heteroatoms. The molecular weight excluding hydrogens is 460 g/mol. The summed E-state index contributed by atoms with van der Waals surface area (Å²) < 4.78 is 5.37. The second kappa shape index (κ2) is 10.00. The molecule has 2 aliphatic heterocycles. The van der Waals surface area contributed by atoms with E-state index < -0.39 is 28.4 Å². The Hall–Kier alpha value is -3.15. The van der Waals surface area contributed by atoms with E-state index in [1.54, 1.807) is 19.9 Å². The number of thiazole rings is 1. The number of ether oxygens (including phenoxy) is 1. The van der Waals surface area contributed by atoms with E-state index in [1.807, 2.05) is 0 Å². The zero-order chi connectivity index (χ0) is 24.4. The van der Waals surface area contributed by atoms with Crippen molar-refractivity contribution in [2.45, 2.75) is 26.3 Å². The zero-order valence-corrected chi connectivity index (χ0v) is 19.8. The molecule has 1 N–H and O–H groups in total. The number of morpholine rings is 1. The molecule has 1 fully saturated rings. The Kier molecular flexibility index (Phi) is 7.05. The topological polar surface area (TPSA) is 126 Å². The maximum Gasteiger partial charge on any atom is 0.290 e. The second-order valence-corrected chi connectivity index (χ2v) is 9.50. The van der Waals surface area contributed by atoms with Crippen molar-refractivity contribution >= 4 is 28.7 Å². The number of nitro benzene ring substituents is 1. The molecule has 0 spiro atoms. The number of aliphatic hydroxyl groups is 1. The Morgan fingerprint density at radius 1 is 1.29 bits per heavy atom. The molecule has 0 aliphatic carbocycles. The van der Waals surface area contributed by atoms with Crippen LogP contribution in [-0.2, 0) is 9.53 Å². The third-order valence-electron chi connectivity index (χ3n) is 6.03. The van der Waals surface area contributed by atoms with Crippen LogP contribution in [0.4, 0.5) is 5.69 Å². The predicted octanol–water partition coefficient (Wildman–Crippen LogP) is 2.97. The van der Waals surface area contributed by atoms with Crippen molar-refractivity contribution in [2.24, 2.45) is 0 Å². The van der Waals surface area contributed by atoms with Crippen LogP contribution in [0.3, 0.4) is 0 Å². The van der Waals surface area contributed by atoms with Crippen LogP contribution < -0.4 is 0 Å². The smallest absolute Gasteiger partial charge is 0.290 e. The number of nitrogens with zero attached hydrogens (tertiary/aromatic N) is 4. The SMILES string of the molecule is Cc1nc(C)c(C(=O)C2=C(O)C(=O)N(CCCN3CCOCC3)[C@@H]2c2cccc([N+](=O)[O-])c2)s1. The highest BCUT2D eigenvalue weighted by Gasteiger charge is 2.44. The Balaban J connectivity index is 1.67. The van der Waals surface area contributed by atoms with Crippen LogP contribution in [0.25, 0.3) is 0 Å². The van der Waals surface area contributed by atoms with Crippen LogP contribution in [-0.4, -0.2) is 75.9 Å². The van der Waals surface area contributed by atoms with Crippen molar-refractivity contribution in [3.8, 4) is 0 Å². The molecule has 2 aliphatic rings. The van der Waals surface area contributed by atoms with Gasteiger partial charge in [-0.1, -0.05) is 12.1 Å². The molecule has 10 nitrogen and oxygen atoms in total. The largest absolute Gasteiger partial charge is 0.503 e. The maximum atomic E-state index is 13.5. The van der Waals surface area contributed by atoms with Gasteiger partial charge in [0.25, 0.3) is 11.6 Å². The lowest BCUT2D eigenvalue weighted by atomic mass is 9.94. The van der Waals surface area contributed by atoms with Gasteiger partial charge in [-0.2, -0.15) is 0 Å². The number of aromatic nitrogens is 1. The molecule has 180 valence electrons. The molecule has 34 heavy (non-hydrogen) atoms. The number of aryl methyl sites for hydroxylation is 2. The molecule has 1 aromatic heterocycles. The number of amides is 1. The Bertz CT molecular complexity index is 1150. The number of ketones is 1. The van der Waals surface area contributed by atoms with Gasteiger partial charge in [-0.3, -0.25) is 24.6 Å². The first-order chi connectivity index (χ1) is 16.3. The van der Waals surface area contributed by atoms with Crippen molar-refractivity contribution < 1.29 is 24.4 Å². The Morgan fingerprint density at radius 3 is 2.68 bits per heavy atom. The van der Waals surface area contributed by atoms with Crippen molar-refractivity contribution in [1.82, 2.24) is 14.8 Å². The van der Waals surface area contributed by atoms with Gasteiger partial charge in [0, 0.05) is 38.3 Å². The first-order valence-electron chi connectivity index (χ1n) is 11.0. The van der Waals surface area contributed by atoms with Gasteiger partial charge in [0.1, 0.15) is 0 Å². The molecular formula is C23H26N4O6S. The summed E-state index contributed by atoms with van der Waals surface area (Å²) in [5.74, 6) is -1.75. The van der Waals surface area contributed by atoms with E-state index >= 15 is 0 Å². The summed E-state index contributed by atoms with van der Waals surface area (Å²) in [7, 11) is 0. The molecule has 0 bridgehead atoms. The van der Waals surface area contributed by atoms with E-state index in [0.29, 0.717) is 40.8 Å². The van der Waals surface area contributed by atoms with E-state index in [1.165, 1.54) is 34.4 Å². The molecule has 1 amide bonds. The summed E-state index contributed by atoms with van der Waals surface area (Å²) >= 11 is 1.19. The van der Waals surface area contributed by atoms with E-state index in [-0.39, 0.29) is 17.8 Å². The minimum Gasteiger partial charge on any atom is -0.503 e. The predicted molar refractivity (Wildman–Crippen MR) is 125 cm³/mol. The highest BCUT2D eigenvalue weighted by molar-refractivity contribution is 7.14. The van der Waals surface area contributed by atoms with Crippen LogP contribution in [0.15, 0.2) is 35.6 Å². The lowest BCUT2D eigenvalue weighted by Crippen LogP contribution is -2.39. The fourth-order valence-electron chi connectivity index (χ4n) is 4.42. The van der Waals surface area contributed by atoms with Crippen LogP contribution >= 0.6 is 11.3 Å². The molecule has 0 radical (unpaired) electrons. The number of Topliss-reactive ketones (excluding diaryl/α,β-unsaturated/α-hetero) is 1. The first-order valence-corrected chi connectivity index (χ1v) is 11.9. The summed E-state index contributed by atoms with van der Waals surface area (Å²) in [6.07, 6.45) is 0.616. The third kappa shape index (κ3) is 4.72. The number of non-ortho nitro benzene ring substituents is 1. The first kappa shape index (κ1) is 24.0. The monoisotopic (exact) mass is 486 g/mol. The summed E-state index contributed by atoms with van der Waals surface area (Å²) in [5.41, 5.74) is 0.703. The van der Waals surface area contributed by atoms with E-state index in [2.05, 4.69) is 9.88 Å². The quantitative estimate of drug-likeness (QED) is 0.343. The maximum absolute atomic E-state index is 13.5. The standard InChI is InChI=1S/C23H26N4O6S/c1-14-22(34-15(2)24-14)20(28)18-19(16-5-3-6-17(13-16)27(31)32)26(23(30)21(18)29)8-4-7-25-9-11-33-12-10-25/h3,5-6,13,19,29H,4,7-12H2,1-2H3/t19-/m1/s1. The van der Waals surface area contributed by atoms with Crippen LogP contribution in [0.2, 0.25) is 0 Å². The molecule has 3 heterocycles. The van der Waals surface area contributed by atoms with Crippen LogP contribution in [0, 0.1) is 24.0 Å². The van der Waals surface area contributed by atoms with Crippen LogP contribution in [0.5, 0.6) is 0 Å². The number of rotatable bonds is 8. The minimum absolute atomic E-state index is 0.0661. The van der Waals surface area contributed by atoms with Gasteiger partial charge < -0.3 is 14.7 Å². The number of benzene rings is 1. The number of carbonyl (C=O) groups excluding carboxylic acids is 2. The number of hydrogen-bond donors (Lipinski definition) is 1. The van der Waals surface area contributed by atoms with Gasteiger partial charge in [0.2, 0.25) is 5.78 Å². The fourth-order valence-corrected chi connectivity index (χ4v) is 5.30. The Labute approximate surface area is 200 Å². The highest BCUT2D eigenvalue weighted by atomic mass is 32.1. The third-order valence-corrected chi connectivity index (χ3v) is 7.10. The lowest BCUT2D eigenvalue weighted by Gasteiger charge is -2.30. The van der Waals surface area contributed by atoms with Crippen molar-refractivity contribution in [2.75, 3.05) is 39.4 Å². The van der Waals surface area contributed by atoms with Gasteiger partial charge in [-0.05, 0) is 25.8 Å². The molecule has 0 saturated carbocycles. The van der Waals surface area contributed by atoms with E-state index in [0.717, 1.165) is 19.6 Å². The molecule has 1 aromatic carbocycles. The van der Waals surface area contributed by atoms with Gasteiger partial charge in [-0.15, -0.1) is 11.3 Å². The average Bonchev–Trinajstić information content (AvgIpc) is 3.29. The normalized spacial score (nSPS) is 19.2. The fraction of sp³-hybridized carbons (Fsp3) is 0.435. The van der Waals surface area contributed by atoms with Gasteiger partial charge in [0.15, 0.2) is 5.76 Å². The second-order valence-electron chi connectivity index (χ2n) is 8.30. The van der Waals surface area contributed by atoms with Crippen molar-refractivity contribution in [3.63, 3.8) is 0 Å². The average molecular weight is 487 g/mol.